The first kappa shape index (κ1) is 14.7. The quantitative estimate of drug-likeness (QED) is 0.859. The van der Waals surface area contributed by atoms with Crippen LogP contribution < -0.4 is 10.6 Å². The summed E-state index contributed by atoms with van der Waals surface area (Å²) in [6.45, 7) is 3.96. The second kappa shape index (κ2) is 6.16. The smallest absolute Gasteiger partial charge is 0.253 e. The molecule has 1 atom stereocenters. The molecule has 0 saturated carbocycles. The molecular formula is C16H25N3O. The first-order chi connectivity index (χ1) is 9.52. The maximum Gasteiger partial charge on any atom is 0.253 e. The topological polar surface area (TPSA) is 49.6 Å². The number of anilines is 2. The van der Waals surface area contributed by atoms with E-state index in [0.717, 1.165) is 25.2 Å². The van der Waals surface area contributed by atoms with Crippen molar-refractivity contribution in [3.05, 3.63) is 23.8 Å². The number of nitrogen functional groups attached to an aromatic ring is 1. The molecule has 0 aromatic heterocycles. The van der Waals surface area contributed by atoms with Crippen molar-refractivity contribution in [2.45, 2.75) is 26.2 Å². The van der Waals surface area contributed by atoms with Crippen molar-refractivity contribution < 1.29 is 4.79 Å². The molecule has 0 aliphatic carbocycles. The predicted octanol–water partition coefficient (Wildman–Crippen LogP) is 2.60. The van der Waals surface area contributed by atoms with E-state index in [1.807, 2.05) is 36.0 Å². The standard InChI is InChI=1S/C16H25N3O/c1-4-5-12-8-9-19(11-12)16(20)13-6-7-15(18(2)3)14(17)10-13/h6-7,10,12H,4-5,8-9,11,17H2,1-3H3. The van der Waals surface area contributed by atoms with Crippen LogP contribution in [0.25, 0.3) is 0 Å². The lowest BCUT2D eigenvalue weighted by Gasteiger charge is -2.19. The van der Waals surface area contributed by atoms with Gasteiger partial charge in [0.1, 0.15) is 0 Å². The Bertz CT molecular complexity index is 485. The molecule has 1 fully saturated rings. The molecular weight excluding hydrogens is 250 g/mol. The molecule has 1 aliphatic heterocycles. The van der Waals surface area contributed by atoms with Crippen LogP contribution >= 0.6 is 0 Å². The largest absolute Gasteiger partial charge is 0.397 e. The minimum atomic E-state index is 0.112. The van der Waals surface area contributed by atoms with Crippen LogP contribution in [-0.2, 0) is 0 Å². The lowest BCUT2D eigenvalue weighted by atomic mass is 10.0. The van der Waals surface area contributed by atoms with Gasteiger partial charge in [0.15, 0.2) is 0 Å². The second-order valence-corrected chi connectivity index (χ2v) is 5.86. The van der Waals surface area contributed by atoms with Crippen molar-refractivity contribution in [3.63, 3.8) is 0 Å². The molecule has 4 heteroatoms. The van der Waals surface area contributed by atoms with Gasteiger partial charge in [0.2, 0.25) is 0 Å². The maximum absolute atomic E-state index is 12.5. The van der Waals surface area contributed by atoms with Crippen LogP contribution in [0.5, 0.6) is 0 Å². The molecule has 1 heterocycles. The highest BCUT2D eigenvalue weighted by molar-refractivity contribution is 5.96. The van der Waals surface area contributed by atoms with Gasteiger partial charge in [-0.25, -0.2) is 0 Å². The minimum absolute atomic E-state index is 0.112. The SMILES string of the molecule is CCCC1CCN(C(=O)c2ccc(N(C)C)c(N)c2)C1. The van der Waals surface area contributed by atoms with Crippen LogP contribution in [0.3, 0.4) is 0 Å². The van der Waals surface area contributed by atoms with Gasteiger partial charge in [0.05, 0.1) is 11.4 Å². The highest BCUT2D eigenvalue weighted by Crippen LogP contribution is 2.26. The summed E-state index contributed by atoms with van der Waals surface area (Å²) in [6.07, 6.45) is 3.54. The molecule has 2 N–H and O–H groups in total. The van der Waals surface area contributed by atoms with Crippen LogP contribution in [0, 0.1) is 5.92 Å². The van der Waals surface area contributed by atoms with E-state index in [-0.39, 0.29) is 5.91 Å². The van der Waals surface area contributed by atoms with E-state index in [0.29, 0.717) is 17.2 Å². The minimum Gasteiger partial charge on any atom is -0.397 e. The fraction of sp³-hybridized carbons (Fsp3) is 0.562. The van der Waals surface area contributed by atoms with Gasteiger partial charge in [-0.3, -0.25) is 4.79 Å². The molecule has 1 unspecified atom stereocenters. The molecule has 0 bridgehead atoms. The monoisotopic (exact) mass is 275 g/mol. The number of amides is 1. The zero-order valence-electron chi connectivity index (χ0n) is 12.7. The van der Waals surface area contributed by atoms with Crippen LogP contribution in [0.15, 0.2) is 18.2 Å². The number of likely N-dealkylation sites (tertiary alicyclic amines) is 1. The Morgan fingerprint density at radius 2 is 2.20 bits per heavy atom. The van der Waals surface area contributed by atoms with Gasteiger partial charge in [-0.1, -0.05) is 13.3 Å². The van der Waals surface area contributed by atoms with Crippen molar-refractivity contribution in [1.82, 2.24) is 4.90 Å². The summed E-state index contributed by atoms with van der Waals surface area (Å²) in [5, 5.41) is 0. The van der Waals surface area contributed by atoms with E-state index >= 15 is 0 Å². The van der Waals surface area contributed by atoms with Gasteiger partial charge in [0.25, 0.3) is 5.91 Å². The number of hydrogen-bond acceptors (Lipinski definition) is 3. The Labute approximate surface area is 121 Å². The van der Waals surface area contributed by atoms with E-state index in [9.17, 15) is 4.79 Å². The number of hydrogen-bond donors (Lipinski definition) is 1. The van der Waals surface area contributed by atoms with E-state index in [2.05, 4.69) is 6.92 Å². The summed E-state index contributed by atoms with van der Waals surface area (Å²) in [7, 11) is 3.89. The van der Waals surface area contributed by atoms with Gasteiger partial charge in [0, 0.05) is 32.7 Å². The summed E-state index contributed by atoms with van der Waals surface area (Å²) in [5.74, 6) is 0.781. The van der Waals surface area contributed by atoms with Crippen molar-refractivity contribution in [1.29, 1.82) is 0 Å². The Balaban J connectivity index is 2.08. The van der Waals surface area contributed by atoms with Crippen LogP contribution in [-0.4, -0.2) is 38.0 Å². The van der Waals surface area contributed by atoms with Crippen molar-refractivity contribution in [2.24, 2.45) is 5.92 Å². The summed E-state index contributed by atoms with van der Waals surface area (Å²) >= 11 is 0. The number of rotatable bonds is 4. The van der Waals surface area contributed by atoms with E-state index in [4.69, 9.17) is 5.73 Å². The summed E-state index contributed by atoms with van der Waals surface area (Å²) in [5.41, 5.74) is 8.33. The normalized spacial score (nSPS) is 18.4. The third kappa shape index (κ3) is 3.06. The Morgan fingerprint density at radius 1 is 1.45 bits per heavy atom. The molecule has 20 heavy (non-hydrogen) atoms. The number of carbonyl (C=O) groups excluding carboxylic acids is 1. The third-order valence-corrected chi connectivity index (χ3v) is 4.03. The predicted molar refractivity (Wildman–Crippen MR) is 84.1 cm³/mol. The fourth-order valence-corrected chi connectivity index (χ4v) is 2.94. The highest BCUT2D eigenvalue weighted by Gasteiger charge is 2.26. The summed E-state index contributed by atoms with van der Waals surface area (Å²) in [4.78, 5) is 16.4. The highest BCUT2D eigenvalue weighted by atomic mass is 16.2. The first-order valence-corrected chi connectivity index (χ1v) is 7.39. The van der Waals surface area contributed by atoms with Gasteiger partial charge < -0.3 is 15.5 Å². The van der Waals surface area contributed by atoms with Crippen LogP contribution in [0.2, 0.25) is 0 Å². The second-order valence-electron chi connectivity index (χ2n) is 5.86. The molecule has 0 radical (unpaired) electrons. The molecule has 1 aromatic rings. The molecule has 1 saturated heterocycles. The maximum atomic E-state index is 12.5. The van der Waals surface area contributed by atoms with Gasteiger partial charge in [-0.05, 0) is 37.0 Å². The molecule has 0 spiro atoms. The van der Waals surface area contributed by atoms with Crippen molar-refractivity contribution in [2.75, 3.05) is 37.8 Å². The third-order valence-electron chi connectivity index (χ3n) is 4.03. The van der Waals surface area contributed by atoms with E-state index in [1.165, 1.54) is 12.8 Å². The Kier molecular flexibility index (Phi) is 4.53. The zero-order chi connectivity index (χ0) is 14.7. The lowest BCUT2D eigenvalue weighted by molar-refractivity contribution is 0.0786. The van der Waals surface area contributed by atoms with Crippen LogP contribution in [0.4, 0.5) is 11.4 Å². The molecule has 1 aliphatic rings. The van der Waals surface area contributed by atoms with E-state index in [1.54, 1.807) is 6.07 Å². The zero-order valence-corrected chi connectivity index (χ0v) is 12.7. The molecule has 2 rings (SSSR count). The van der Waals surface area contributed by atoms with Crippen LogP contribution in [0.1, 0.15) is 36.5 Å². The van der Waals surface area contributed by atoms with Gasteiger partial charge in [-0.2, -0.15) is 0 Å². The summed E-state index contributed by atoms with van der Waals surface area (Å²) < 4.78 is 0. The summed E-state index contributed by atoms with van der Waals surface area (Å²) in [6, 6.07) is 5.59. The number of benzene rings is 1. The van der Waals surface area contributed by atoms with Gasteiger partial charge in [-0.15, -0.1) is 0 Å². The van der Waals surface area contributed by atoms with Crippen molar-refractivity contribution >= 4 is 17.3 Å². The number of nitrogens with zero attached hydrogens (tertiary/aromatic N) is 2. The van der Waals surface area contributed by atoms with Crippen molar-refractivity contribution in [3.8, 4) is 0 Å². The lowest BCUT2D eigenvalue weighted by Crippen LogP contribution is -2.28. The molecule has 4 nitrogen and oxygen atoms in total. The molecule has 110 valence electrons. The number of carbonyl (C=O) groups is 1. The molecule has 1 amide bonds. The average Bonchev–Trinajstić information content (AvgIpc) is 2.86. The first-order valence-electron chi connectivity index (χ1n) is 7.39. The fourth-order valence-electron chi connectivity index (χ4n) is 2.94. The Hall–Kier alpha value is -1.71. The molecule has 1 aromatic carbocycles. The average molecular weight is 275 g/mol. The number of nitrogens with two attached hydrogens (primary N) is 1. The van der Waals surface area contributed by atoms with Gasteiger partial charge >= 0.3 is 0 Å². The van der Waals surface area contributed by atoms with E-state index < -0.39 is 0 Å². The Morgan fingerprint density at radius 3 is 2.80 bits per heavy atom.